The summed E-state index contributed by atoms with van der Waals surface area (Å²) in [4.78, 5) is 21.8. The number of rotatable bonds is 9. The van der Waals surface area contributed by atoms with Gasteiger partial charge in [0.25, 0.3) is 5.91 Å². The van der Waals surface area contributed by atoms with E-state index in [4.69, 9.17) is 9.92 Å². The molecule has 2 rings (SSSR count). The Hall–Kier alpha value is -3.08. The van der Waals surface area contributed by atoms with Gasteiger partial charge in [-0.25, -0.2) is 4.98 Å². The third kappa shape index (κ3) is 6.49. The number of aromatic nitrogens is 2. The van der Waals surface area contributed by atoms with Gasteiger partial charge in [-0.15, -0.1) is 0 Å². The molecule has 1 aromatic heterocycles. The number of benzene rings is 1. The van der Waals surface area contributed by atoms with Gasteiger partial charge in [-0.3, -0.25) is 4.79 Å². The minimum absolute atomic E-state index is 0.196. The van der Waals surface area contributed by atoms with Crippen LogP contribution in [0.15, 0.2) is 24.4 Å². The first kappa shape index (κ1) is 22.2. The van der Waals surface area contributed by atoms with Crippen molar-refractivity contribution >= 4 is 39.2 Å². The van der Waals surface area contributed by atoms with Crippen molar-refractivity contribution in [2.75, 3.05) is 42.4 Å². The molecule has 0 bridgehead atoms. The molecule has 0 saturated heterocycles. The van der Waals surface area contributed by atoms with Gasteiger partial charge in [-0.05, 0) is 24.1 Å². The first-order chi connectivity index (χ1) is 13.5. The SMILES string of the molecule is CC(C)CNc1nc(Nc2ccc(OS(C)(=O)=O)c(N(C)C)c2)ncc1C(N)=O. The highest BCUT2D eigenvalue weighted by Gasteiger charge is 2.15. The van der Waals surface area contributed by atoms with E-state index in [2.05, 4.69) is 20.6 Å². The largest absolute Gasteiger partial charge is 0.380 e. The van der Waals surface area contributed by atoms with E-state index in [0.29, 0.717) is 29.7 Å². The lowest BCUT2D eigenvalue weighted by Gasteiger charge is -2.18. The van der Waals surface area contributed by atoms with Crippen molar-refractivity contribution in [3.63, 3.8) is 0 Å². The number of carbonyl (C=O) groups is 1. The van der Waals surface area contributed by atoms with Gasteiger partial charge in [0.1, 0.15) is 5.82 Å². The molecule has 0 radical (unpaired) electrons. The summed E-state index contributed by atoms with van der Waals surface area (Å²) in [6, 6.07) is 4.88. The molecule has 0 fully saturated rings. The molecular formula is C18H26N6O4S. The van der Waals surface area contributed by atoms with Crippen LogP contribution < -0.4 is 25.5 Å². The number of hydrogen-bond acceptors (Lipinski definition) is 9. The van der Waals surface area contributed by atoms with E-state index in [1.807, 2.05) is 13.8 Å². The number of anilines is 4. The standard InChI is InChI=1S/C18H26N6O4S/c1-11(2)9-20-17-13(16(19)25)10-21-18(23-17)22-12-6-7-15(28-29(5,26)27)14(8-12)24(3)4/h6-8,10-11H,9H2,1-5H3,(H2,19,25)(H2,20,21,22,23). The highest BCUT2D eigenvalue weighted by molar-refractivity contribution is 7.86. The Kier molecular flexibility index (Phi) is 6.85. The van der Waals surface area contributed by atoms with Crippen molar-refractivity contribution in [1.82, 2.24) is 9.97 Å². The molecule has 1 aromatic carbocycles. The number of primary amides is 1. The molecule has 0 atom stereocenters. The smallest absolute Gasteiger partial charge is 0.306 e. The molecule has 0 aliphatic carbocycles. The van der Waals surface area contributed by atoms with Crippen LogP contribution in [-0.4, -0.2) is 51.2 Å². The Morgan fingerprint density at radius 2 is 2.00 bits per heavy atom. The zero-order valence-corrected chi connectivity index (χ0v) is 17.9. The Bertz CT molecular complexity index is 992. The molecule has 10 nitrogen and oxygen atoms in total. The number of carbonyl (C=O) groups excluding carboxylic acids is 1. The fraction of sp³-hybridized carbons (Fsp3) is 0.389. The fourth-order valence-electron chi connectivity index (χ4n) is 2.37. The second-order valence-electron chi connectivity index (χ2n) is 7.08. The number of nitrogens with one attached hydrogen (secondary N) is 2. The lowest BCUT2D eigenvalue weighted by atomic mass is 10.2. The van der Waals surface area contributed by atoms with E-state index >= 15 is 0 Å². The number of nitrogens with zero attached hydrogens (tertiary/aromatic N) is 3. The van der Waals surface area contributed by atoms with Crippen LogP contribution in [0, 0.1) is 5.92 Å². The van der Waals surface area contributed by atoms with Crippen molar-refractivity contribution in [3.8, 4) is 5.75 Å². The van der Waals surface area contributed by atoms with Crippen molar-refractivity contribution in [1.29, 1.82) is 0 Å². The Labute approximate surface area is 170 Å². The van der Waals surface area contributed by atoms with E-state index < -0.39 is 16.0 Å². The lowest BCUT2D eigenvalue weighted by Crippen LogP contribution is -2.19. The lowest BCUT2D eigenvalue weighted by molar-refractivity contribution is 0.100. The minimum atomic E-state index is -3.66. The zero-order chi connectivity index (χ0) is 21.8. The van der Waals surface area contributed by atoms with Gasteiger partial charge in [0, 0.05) is 32.5 Å². The molecule has 0 aliphatic rings. The quantitative estimate of drug-likeness (QED) is 0.516. The van der Waals surface area contributed by atoms with Crippen LogP contribution in [0.4, 0.5) is 23.1 Å². The van der Waals surface area contributed by atoms with Gasteiger partial charge in [-0.2, -0.15) is 13.4 Å². The third-order valence-corrected chi connectivity index (χ3v) is 4.15. The second-order valence-corrected chi connectivity index (χ2v) is 8.66. The van der Waals surface area contributed by atoms with Crippen LogP contribution in [-0.2, 0) is 10.1 Å². The van der Waals surface area contributed by atoms with Gasteiger partial charge >= 0.3 is 10.1 Å². The summed E-state index contributed by atoms with van der Waals surface area (Å²) in [5.74, 6) is 0.510. The summed E-state index contributed by atoms with van der Waals surface area (Å²) in [7, 11) is -0.132. The van der Waals surface area contributed by atoms with E-state index in [1.165, 1.54) is 12.3 Å². The molecule has 0 aliphatic heterocycles. The van der Waals surface area contributed by atoms with Crippen molar-refractivity contribution in [2.24, 2.45) is 11.7 Å². The summed E-state index contributed by atoms with van der Waals surface area (Å²) in [6.45, 7) is 4.67. The van der Waals surface area contributed by atoms with Crippen molar-refractivity contribution < 1.29 is 17.4 Å². The van der Waals surface area contributed by atoms with Crippen LogP contribution in [0.2, 0.25) is 0 Å². The van der Waals surface area contributed by atoms with Gasteiger partial charge in [0.15, 0.2) is 5.75 Å². The summed E-state index contributed by atoms with van der Waals surface area (Å²) in [5.41, 5.74) is 6.75. The maximum atomic E-state index is 11.6. The maximum Gasteiger partial charge on any atom is 0.306 e. The van der Waals surface area contributed by atoms with Crippen molar-refractivity contribution in [3.05, 3.63) is 30.0 Å². The van der Waals surface area contributed by atoms with Gasteiger partial charge in [0.05, 0.1) is 17.5 Å². The first-order valence-electron chi connectivity index (χ1n) is 8.85. The topological polar surface area (TPSA) is 140 Å². The Balaban J connectivity index is 2.34. The predicted octanol–water partition coefficient (Wildman–Crippen LogP) is 1.79. The van der Waals surface area contributed by atoms with Gasteiger partial charge in [-0.1, -0.05) is 13.8 Å². The molecule has 1 heterocycles. The monoisotopic (exact) mass is 422 g/mol. The molecule has 1 amide bonds. The van der Waals surface area contributed by atoms with Crippen LogP contribution in [0.25, 0.3) is 0 Å². The Morgan fingerprint density at radius 3 is 2.55 bits per heavy atom. The van der Waals surface area contributed by atoms with E-state index in [-0.39, 0.29) is 17.3 Å². The van der Waals surface area contributed by atoms with Gasteiger partial charge in [0.2, 0.25) is 5.95 Å². The van der Waals surface area contributed by atoms with Crippen LogP contribution in [0.5, 0.6) is 5.75 Å². The summed E-state index contributed by atoms with van der Waals surface area (Å²) >= 11 is 0. The van der Waals surface area contributed by atoms with Crippen LogP contribution in [0.1, 0.15) is 24.2 Å². The molecule has 0 spiro atoms. The van der Waals surface area contributed by atoms with Gasteiger partial charge < -0.3 is 25.5 Å². The van der Waals surface area contributed by atoms with E-state index in [0.717, 1.165) is 6.26 Å². The molecule has 11 heteroatoms. The highest BCUT2D eigenvalue weighted by atomic mass is 32.2. The summed E-state index contributed by atoms with van der Waals surface area (Å²) < 4.78 is 28.0. The zero-order valence-electron chi connectivity index (χ0n) is 17.1. The number of nitrogens with two attached hydrogens (primary N) is 1. The third-order valence-electron chi connectivity index (χ3n) is 3.67. The molecular weight excluding hydrogens is 396 g/mol. The molecule has 4 N–H and O–H groups in total. The maximum absolute atomic E-state index is 11.6. The number of hydrogen-bond donors (Lipinski definition) is 3. The van der Waals surface area contributed by atoms with Crippen LogP contribution >= 0.6 is 0 Å². The first-order valence-corrected chi connectivity index (χ1v) is 10.7. The number of amides is 1. The molecule has 0 unspecified atom stereocenters. The van der Waals surface area contributed by atoms with Crippen molar-refractivity contribution in [2.45, 2.75) is 13.8 Å². The minimum Gasteiger partial charge on any atom is -0.380 e. The highest BCUT2D eigenvalue weighted by Crippen LogP contribution is 2.32. The molecule has 29 heavy (non-hydrogen) atoms. The normalized spacial score (nSPS) is 11.2. The summed E-state index contributed by atoms with van der Waals surface area (Å²) in [5, 5.41) is 6.14. The summed E-state index contributed by atoms with van der Waals surface area (Å²) in [6.07, 6.45) is 2.34. The van der Waals surface area contributed by atoms with E-state index in [1.54, 1.807) is 31.1 Å². The average molecular weight is 423 g/mol. The fourth-order valence-corrected chi connectivity index (χ4v) is 2.83. The molecule has 2 aromatic rings. The molecule has 0 saturated carbocycles. The molecule has 158 valence electrons. The van der Waals surface area contributed by atoms with Crippen LogP contribution in [0.3, 0.4) is 0 Å². The van der Waals surface area contributed by atoms with E-state index in [9.17, 15) is 13.2 Å². The predicted molar refractivity (Wildman–Crippen MR) is 113 cm³/mol. The Morgan fingerprint density at radius 1 is 1.31 bits per heavy atom. The second kappa shape index (κ2) is 8.95. The average Bonchev–Trinajstić information content (AvgIpc) is 2.59.